The molecule has 1 aliphatic rings. The van der Waals surface area contributed by atoms with E-state index >= 15 is 0 Å². The minimum absolute atomic E-state index is 0.130. The number of aromatic amines is 1. The molecule has 3 nitrogen and oxygen atoms in total. The lowest BCUT2D eigenvalue weighted by molar-refractivity contribution is -0.124. The van der Waals surface area contributed by atoms with E-state index < -0.39 is 0 Å². The van der Waals surface area contributed by atoms with Crippen molar-refractivity contribution in [2.24, 2.45) is 5.92 Å². The number of carbonyl (C=O) groups is 1. The molecule has 0 aliphatic carbocycles. The number of H-pyrrole nitrogens is 1. The largest absolute Gasteiger partial charge is 0.358 e. The van der Waals surface area contributed by atoms with Crippen molar-refractivity contribution in [2.45, 2.75) is 32.6 Å². The fourth-order valence-corrected chi connectivity index (χ4v) is 2.96. The molecule has 1 aliphatic heterocycles. The Balaban J connectivity index is 1.95. The highest BCUT2D eigenvalue weighted by Crippen LogP contribution is 2.25. The zero-order valence-electron chi connectivity index (χ0n) is 11.3. The van der Waals surface area contributed by atoms with Gasteiger partial charge in [-0.3, -0.25) is 4.79 Å². The average molecular weight is 256 g/mol. The van der Waals surface area contributed by atoms with Crippen molar-refractivity contribution in [3.63, 3.8) is 0 Å². The molecule has 1 atom stereocenters. The maximum Gasteiger partial charge on any atom is 0.222 e. The normalized spacial score (nSPS) is 20.9. The fourth-order valence-electron chi connectivity index (χ4n) is 2.96. The number of rotatable bonds is 0. The molecule has 0 saturated heterocycles. The fraction of sp³-hybridized carbons (Fsp3) is 0.438. The van der Waals surface area contributed by atoms with Gasteiger partial charge in [-0.15, -0.1) is 0 Å². The van der Waals surface area contributed by atoms with Crippen LogP contribution in [0, 0.1) is 5.92 Å². The lowest BCUT2D eigenvalue weighted by Crippen LogP contribution is -2.31. The summed E-state index contributed by atoms with van der Waals surface area (Å²) in [6.45, 7) is 2.75. The van der Waals surface area contributed by atoms with E-state index in [2.05, 4.69) is 34.6 Å². The molecule has 3 heteroatoms. The Hall–Kier alpha value is -1.77. The molecule has 1 aromatic heterocycles. The highest BCUT2D eigenvalue weighted by atomic mass is 16.1. The second-order valence-electron chi connectivity index (χ2n) is 5.46. The summed E-state index contributed by atoms with van der Waals surface area (Å²) in [6.07, 6.45) is 3.98. The van der Waals surface area contributed by atoms with Gasteiger partial charge in [0.05, 0.1) is 0 Å². The minimum Gasteiger partial charge on any atom is -0.358 e. The smallest absolute Gasteiger partial charge is 0.222 e. The van der Waals surface area contributed by atoms with Crippen LogP contribution in [0.2, 0.25) is 0 Å². The summed E-state index contributed by atoms with van der Waals surface area (Å²) >= 11 is 0. The number of aromatic nitrogens is 1. The Morgan fingerprint density at radius 2 is 2.05 bits per heavy atom. The van der Waals surface area contributed by atoms with Crippen LogP contribution in [-0.2, 0) is 17.6 Å². The van der Waals surface area contributed by atoms with Gasteiger partial charge in [0.1, 0.15) is 0 Å². The van der Waals surface area contributed by atoms with Crippen molar-refractivity contribution in [3.05, 3.63) is 35.5 Å². The van der Waals surface area contributed by atoms with E-state index in [9.17, 15) is 4.79 Å². The van der Waals surface area contributed by atoms with Crippen LogP contribution in [0.3, 0.4) is 0 Å². The molecule has 19 heavy (non-hydrogen) atoms. The second-order valence-corrected chi connectivity index (χ2v) is 5.46. The van der Waals surface area contributed by atoms with Crippen molar-refractivity contribution in [2.75, 3.05) is 6.54 Å². The number of carbonyl (C=O) groups excluding carboxylic acids is 1. The number of para-hydroxylation sites is 1. The predicted octanol–water partition coefficient (Wildman–Crippen LogP) is 2.80. The van der Waals surface area contributed by atoms with E-state index in [0.29, 0.717) is 0 Å². The third kappa shape index (κ3) is 2.37. The third-order valence-corrected chi connectivity index (χ3v) is 4.09. The maximum absolute atomic E-state index is 11.8. The number of hydrogen-bond acceptors (Lipinski definition) is 1. The number of fused-ring (bicyclic) bond motifs is 3. The molecule has 0 saturated carbocycles. The topological polar surface area (TPSA) is 44.9 Å². The molecular weight excluding hydrogens is 236 g/mol. The molecule has 2 aromatic rings. The maximum atomic E-state index is 11.8. The van der Waals surface area contributed by atoms with Gasteiger partial charge in [0, 0.05) is 29.1 Å². The highest BCUT2D eigenvalue weighted by Gasteiger charge is 2.17. The quantitative estimate of drug-likeness (QED) is 0.748. The first-order chi connectivity index (χ1) is 9.25. The minimum atomic E-state index is 0.130. The predicted molar refractivity (Wildman–Crippen MR) is 77.1 cm³/mol. The van der Waals surface area contributed by atoms with Crippen LogP contribution in [0.25, 0.3) is 10.9 Å². The summed E-state index contributed by atoms with van der Waals surface area (Å²) in [5.74, 6) is 0.328. The van der Waals surface area contributed by atoms with Crippen molar-refractivity contribution < 1.29 is 4.79 Å². The zero-order chi connectivity index (χ0) is 13.2. The first kappa shape index (κ1) is 12.3. The number of nitrogens with one attached hydrogen (secondary N) is 2. The number of amides is 1. The molecule has 1 aromatic carbocycles. The second kappa shape index (κ2) is 5.08. The zero-order valence-corrected chi connectivity index (χ0v) is 11.3. The van der Waals surface area contributed by atoms with Crippen molar-refractivity contribution in [3.8, 4) is 0 Å². The standard InChI is InChI=1S/C16H20N2O/c1-11-5-4-8-15-13(9-10-17-16(11)19)12-6-2-3-7-14(12)18-15/h2-3,6-7,11,18H,4-5,8-10H2,1H3,(H,17,19). The van der Waals surface area contributed by atoms with E-state index in [1.807, 2.05) is 6.92 Å². The molecule has 1 amide bonds. The van der Waals surface area contributed by atoms with Gasteiger partial charge in [-0.2, -0.15) is 0 Å². The van der Waals surface area contributed by atoms with Crippen LogP contribution < -0.4 is 5.32 Å². The first-order valence-corrected chi connectivity index (χ1v) is 7.12. The summed E-state index contributed by atoms with van der Waals surface area (Å²) in [5, 5.41) is 4.35. The SMILES string of the molecule is CC1CCCc2[nH]c3ccccc3c2CCNC1=O. The van der Waals surface area contributed by atoms with Gasteiger partial charge in [-0.05, 0) is 37.3 Å². The van der Waals surface area contributed by atoms with Crippen LogP contribution in [-0.4, -0.2) is 17.4 Å². The number of benzene rings is 1. The Bertz CT molecular complexity index is 600. The van der Waals surface area contributed by atoms with Gasteiger partial charge in [0.2, 0.25) is 5.91 Å². The highest BCUT2D eigenvalue weighted by molar-refractivity contribution is 5.85. The van der Waals surface area contributed by atoms with Crippen LogP contribution in [0.15, 0.2) is 24.3 Å². The van der Waals surface area contributed by atoms with E-state index in [-0.39, 0.29) is 11.8 Å². The Morgan fingerprint density at radius 3 is 2.95 bits per heavy atom. The lowest BCUT2D eigenvalue weighted by atomic mass is 9.98. The van der Waals surface area contributed by atoms with Gasteiger partial charge in [-0.25, -0.2) is 0 Å². The van der Waals surface area contributed by atoms with Crippen molar-refractivity contribution in [1.82, 2.24) is 10.3 Å². The summed E-state index contributed by atoms with van der Waals surface area (Å²) in [4.78, 5) is 15.4. The number of hydrogen-bond donors (Lipinski definition) is 2. The molecule has 0 radical (unpaired) electrons. The molecule has 0 bridgehead atoms. The molecule has 1 unspecified atom stereocenters. The van der Waals surface area contributed by atoms with Gasteiger partial charge >= 0.3 is 0 Å². The van der Waals surface area contributed by atoms with E-state index in [1.54, 1.807) is 0 Å². The summed E-state index contributed by atoms with van der Waals surface area (Å²) in [5.41, 5.74) is 3.95. The van der Waals surface area contributed by atoms with Crippen LogP contribution in [0.5, 0.6) is 0 Å². The van der Waals surface area contributed by atoms with E-state index in [0.717, 1.165) is 32.2 Å². The van der Waals surface area contributed by atoms with Crippen LogP contribution >= 0.6 is 0 Å². The van der Waals surface area contributed by atoms with E-state index in [1.165, 1.54) is 22.2 Å². The third-order valence-electron chi connectivity index (χ3n) is 4.09. The Morgan fingerprint density at radius 1 is 1.21 bits per heavy atom. The molecule has 2 heterocycles. The van der Waals surface area contributed by atoms with Crippen molar-refractivity contribution >= 4 is 16.8 Å². The van der Waals surface area contributed by atoms with Crippen molar-refractivity contribution in [1.29, 1.82) is 0 Å². The molecule has 2 N–H and O–H groups in total. The molecule has 100 valence electrons. The van der Waals surface area contributed by atoms with E-state index in [4.69, 9.17) is 0 Å². The van der Waals surface area contributed by atoms with Gasteiger partial charge in [0.15, 0.2) is 0 Å². The monoisotopic (exact) mass is 256 g/mol. The Labute approximate surface area is 113 Å². The molecule has 0 fully saturated rings. The van der Waals surface area contributed by atoms with Gasteiger partial charge in [-0.1, -0.05) is 25.1 Å². The van der Waals surface area contributed by atoms with Crippen LogP contribution in [0.4, 0.5) is 0 Å². The first-order valence-electron chi connectivity index (χ1n) is 7.12. The van der Waals surface area contributed by atoms with Gasteiger partial charge in [0.25, 0.3) is 0 Å². The Kier molecular flexibility index (Phi) is 3.28. The lowest BCUT2D eigenvalue weighted by Gasteiger charge is -2.15. The number of aryl methyl sites for hydroxylation is 1. The molecule has 3 rings (SSSR count). The summed E-state index contributed by atoms with van der Waals surface area (Å²) in [6, 6.07) is 8.44. The average Bonchev–Trinajstić information content (AvgIpc) is 2.76. The van der Waals surface area contributed by atoms with Gasteiger partial charge < -0.3 is 10.3 Å². The summed E-state index contributed by atoms with van der Waals surface area (Å²) < 4.78 is 0. The summed E-state index contributed by atoms with van der Waals surface area (Å²) in [7, 11) is 0. The van der Waals surface area contributed by atoms with Crippen LogP contribution in [0.1, 0.15) is 31.0 Å². The molecular formula is C16H20N2O. The molecule has 0 spiro atoms.